The molecule has 0 aliphatic heterocycles. The van der Waals surface area contributed by atoms with E-state index in [1.54, 1.807) is 29.8 Å². The van der Waals surface area contributed by atoms with E-state index < -0.39 is 11.5 Å². The van der Waals surface area contributed by atoms with Crippen LogP contribution in [-0.2, 0) is 6.54 Å². The minimum Gasteiger partial charge on any atom is -0.506 e. The van der Waals surface area contributed by atoms with E-state index in [1.807, 2.05) is 44.2 Å². The number of carbonyl (C=O) groups is 1. The van der Waals surface area contributed by atoms with Gasteiger partial charge in [0, 0.05) is 43.9 Å². The number of anilines is 2. The highest BCUT2D eigenvalue weighted by Crippen LogP contribution is 2.32. The molecule has 32 heavy (non-hydrogen) atoms. The van der Waals surface area contributed by atoms with Gasteiger partial charge < -0.3 is 19.5 Å². The van der Waals surface area contributed by atoms with Crippen LogP contribution in [0.3, 0.4) is 0 Å². The van der Waals surface area contributed by atoms with E-state index in [2.05, 4.69) is 11.9 Å². The van der Waals surface area contributed by atoms with Crippen molar-refractivity contribution in [2.45, 2.75) is 33.2 Å². The van der Waals surface area contributed by atoms with Crippen molar-refractivity contribution in [3.63, 3.8) is 0 Å². The molecule has 3 aromatic rings. The zero-order valence-corrected chi connectivity index (χ0v) is 19.2. The number of carbonyl (C=O) groups excluding carboxylic acids is 1. The highest BCUT2D eigenvalue weighted by molar-refractivity contribution is 6.10. The molecule has 1 heterocycles. The zero-order chi connectivity index (χ0) is 23.0. The molecule has 2 aromatic carbocycles. The quantitative estimate of drug-likeness (QED) is 0.596. The van der Waals surface area contributed by atoms with Crippen LogP contribution in [0.4, 0.5) is 11.4 Å². The summed E-state index contributed by atoms with van der Waals surface area (Å²) < 4.78 is 1.60. The molecule has 4 rings (SSSR count). The van der Waals surface area contributed by atoms with Gasteiger partial charge in [0.1, 0.15) is 11.3 Å². The van der Waals surface area contributed by atoms with Gasteiger partial charge >= 0.3 is 0 Å². The second-order valence-corrected chi connectivity index (χ2v) is 9.26. The predicted molar refractivity (Wildman–Crippen MR) is 130 cm³/mol. The van der Waals surface area contributed by atoms with Gasteiger partial charge in [0.15, 0.2) is 0 Å². The minimum atomic E-state index is -0.516. The molecular formula is C26H31N3O3. The summed E-state index contributed by atoms with van der Waals surface area (Å²) in [5.74, 6) is 0.180. The van der Waals surface area contributed by atoms with Crippen molar-refractivity contribution in [3.8, 4) is 5.75 Å². The molecule has 0 bridgehead atoms. The molecule has 1 aliphatic rings. The van der Waals surface area contributed by atoms with Crippen LogP contribution in [0.5, 0.6) is 5.75 Å². The van der Waals surface area contributed by atoms with Gasteiger partial charge in [0.25, 0.3) is 11.5 Å². The second kappa shape index (κ2) is 8.69. The Labute approximate surface area is 188 Å². The van der Waals surface area contributed by atoms with Gasteiger partial charge in [0.2, 0.25) is 0 Å². The fourth-order valence-corrected chi connectivity index (χ4v) is 4.15. The van der Waals surface area contributed by atoms with Gasteiger partial charge in [-0.05, 0) is 55.0 Å². The summed E-state index contributed by atoms with van der Waals surface area (Å²) >= 11 is 0. The zero-order valence-electron chi connectivity index (χ0n) is 19.2. The largest absolute Gasteiger partial charge is 0.506 e. The topological polar surface area (TPSA) is 65.8 Å². The van der Waals surface area contributed by atoms with Gasteiger partial charge in [-0.2, -0.15) is 0 Å². The number of para-hydroxylation sites is 1. The molecule has 1 amide bonds. The van der Waals surface area contributed by atoms with Gasteiger partial charge in [0.05, 0.1) is 5.52 Å². The van der Waals surface area contributed by atoms with Gasteiger partial charge in [-0.1, -0.05) is 32.0 Å². The number of pyridine rings is 1. The molecule has 1 fully saturated rings. The van der Waals surface area contributed by atoms with Crippen LogP contribution in [0.1, 0.15) is 37.0 Å². The van der Waals surface area contributed by atoms with E-state index in [-0.39, 0.29) is 17.2 Å². The van der Waals surface area contributed by atoms with E-state index in [0.717, 1.165) is 18.2 Å². The number of fused-ring (bicyclic) bond motifs is 1. The lowest BCUT2D eigenvalue weighted by atomic mass is 10.1. The summed E-state index contributed by atoms with van der Waals surface area (Å²) in [6.45, 7) is 5.49. The molecule has 0 radical (unpaired) electrons. The Hall–Kier alpha value is -3.28. The monoisotopic (exact) mass is 433 g/mol. The Kier molecular flexibility index (Phi) is 5.96. The first-order valence-electron chi connectivity index (χ1n) is 11.2. The number of rotatable bonds is 7. The highest BCUT2D eigenvalue weighted by atomic mass is 16.3. The lowest BCUT2D eigenvalue weighted by Gasteiger charge is -2.23. The first-order chi connectivity index (χ1) is 15.3. The molecule has 1 saturated carbocycles. The number of benzene rings is 2. The third-order valence-electron chi connectivity index (χ3n) is 6.10. The fraction of sp³-hybridized carbons (Fsp3) is 0.385. The summed E-state index contributed by atoms with van der Waals surface area (Å²) in [5, 5.41) is 11.4. The van der Waals surface area contributed by atoms with Crippen molar-refractivity contribution in [1.82, 2.24) is 4.57 Å². The third kappa shape index (κ3) is 4.22. The Morgan fingerprint density at radius 3 is 2.47 bits per heavy atom. The summed E-state index contributed by atoms with van der Waals surface area (Å²) in [5.41, 5.74) is 1.68. The smallest absolute Gasteiger partial charge is 0.267 e. The van der Waals surface area contributed by atoms with E-state index in [9.17, 15) is 14.7 Å². The molecule has 0 saturated heterocycles. The summed E-state index contributed by atoms with van der Waals surface area (Å²) in [6, 6.07) is 14.9. The average molecular weight is 434 g/mol. The maximum absolute atomic E-state index is 13.5. The Morgan fingerprint density at radius 1 is 1.09 bits per heavy atom. The van der Waals surface area contributed by atoms with E-state index in [0.29, 0.717) is 23.1 Å². The van der Waals surface area contributed by atoms with Crippen molar-refractivity contribution < 1.29 is 9.90 Å². The van der Waals surface area contributed by atoms with E-state index in [1.165, 1.54) is 17.7 Å². The van der Waals surface area contributed by atoms with Crippen LogP contribution in [0, 0.1) is 11.8 Å². The third-order valence-corrected chi connectivity index (χ3v) is 6.10. The normalized spacial score (nSPS) is 13.5. The standard InChI is InChI=1S/C26H31N3O3/c1-17(2)15-29-22-11-6-5-10-21(22)24(30)23(26(29)32)25(31)28(4)20-9-7-8-19(14-20)27(3)16-18-12-13-18/h5-11,14,17-18,30H,12-13,15-16H2,1-4H3. The molecule has 0 spiro atoms. The molecule has 0 atom stereocenters. The van der Waals surface area contributed by atoms with Gasteiger partial charge in [-0.15, -0.1) is 0 Å². The van der Waals surface area contributed by atoms with Gasteiger partial charge in [-0.3, -0.25) is 9.59 Å². The molecule has 1 aliphatic carbocycles. The number of hydrogen-bond acceptors (Lipinski definition) is 4. The van der Waals surface area contributed by atoms with Gasteiger partial charge in [-0.25, -0.2) is 0 Å². The summed E-state index contributed by atoms with van der Waals surface area (Å²) in [4.78, 5) is 30.5. The summed E-state index contributed by atoms with van der Waals surface area (Å²) in [7, 11) is 3.70. The van der Waals surface area contributed by atoms with E-state index in [4.69, 9.17) is 0 Å². The molecule has 0 unspecified atom stereocenters. The molecule has 168 valence electrons. The molecule has 6 nitrogen and oxygen atoms in total. The molecule has 1 aromatic heterocycles. The van der Waals surface area contributed by atoms with Crippen LogP contribution >= 0.6 is 0 Å². The Morgan fingerprint density at radius 2 is 1.78 bits per heavy atom. The SMILES string of the molecule is CC(C)Cn1c(=O)c(C(=O)N(C)c2cccc(N(C)CC3CC3)c2)c(O)c2ccccc21. The van der Waals surface area contributed by atoms with Crippen molar-refractivity contribution >= 4 is 28.2 Å². The average Bonchev–Trinajstić information content (AvgIpc) is 3.60. The minimum absolute atomic E-state index is 0.191. The number of hydrogen-bond donors (Lipinski definition) is 1. The number of amides is 1. The van der Waals surface area contributed by atoms with Crippen LogP contribution < -0.4 is 15.4 Å². The van der Waals surface area contributed by atoms with Crippen molar-refractivity contribution in [2.24, 2.45) is 11.8 Å². The maximum Gasteiger partial charge on any atom is 0.267 e. The number of aromatic nitrogens is 1. The summed E-state index contributed by atoms with van der Waals surface area (Å²) in [6.07, 6.45) is 2.54. The van der Waals surface area contributed by atoms with Crippen molar-refractivity contribution in [2.75, 3.05) is 30.4 Å². The van der Waals surface area contributed by atoms with Crippen molar-refractivity contribution in [1.29, 1.82) is 0 Å². The first-order valence-corrected chi connectivity index (χ1v) is 11.2. The van der Waals surface area contributed by atoms with Crippen LogP contribution in [0.25, 0.3) is 10.9 Å². The Balaban J connectivity index is 1.74. The van der Waals surface area contributed by atoms with E-state index >= 15 is 0 Å². The number of nitrogens with zero attached hydrogens (tertiary/aromatic N) is 3. The molecule has 6 heteroatoms. The van der Waals surface area contributed by atoms with Crippen LogP contribution in [0.15, 0.2) is 53.3 Å². The number of aromatic hydroxyl groups is 1. The first kappa shape index (κ1) is 21.9. The molecule has 1 N–H and O–H groups in total. The maximum atomic E-state index is 13.5. The lowest BCUT2D eigenvalue weighted by Crippen LogP contribution is -2.35. The fourth-order valence-electron chi connectivity index (χ4n) is 4.15. The lowest BCUT2D eigenvalue weighted by molar-refractivity contribution is 0.0988. The predicted octanol–water partition coefficient (Wildman–Crippen LogP) is 4.49. The molecular weight excluding hydrogens is 402 g/mol. The van der Waals surface area contributed by atoms with Crippen LogP contribution in [-0.4, -0.2) is 36.2 Å². The highest BCUT2D eigenvalue weighted by Gasteiger charge is 2.26. The van der Waals surface area contributed by atoms with Crippen molar-refractivity contribution in [3.05, 3.63) is 64.4 Å². The second-order valence-electron chi connectivity index (χ2n) is 9.26. The Bertz CT molecular complexity index is 1210. The van der Waals surface area contributed by atoms with Crippen LogP contribution in [0.2, 0.25) is 0 Å².